The minimum Gasteiger partial charge on any atom is -0.395 e. The van der Waals surface area contributed by atoms with E-state index in [1.807, 2.05) is 7.05 Å². The Labute approximate surface area is 186 Å². The predicted octanol–water partition coefficient (Wildman–Crippen LogP) is 3.63. The van der Waals surface area contributed by atoms with Crippen LogP contribution in [-0.2, 0) is 15.6 Å². The molecule has 3 rings (SSSR count). The highest BCUT2D eigenvalue weighted by molar-refractivity contribution is 7.90. The van der Waals surface area contributed by atoms with Crippen molar-refractivity contribution in [2.75, 3.05) is 25.5 Å². The molecule has 0 spiro atoms. The molecule has 0 amide bonds. The van der Waals surface area contributed by atoms with Gasteiger partial charge in [0.25, 0.3) is 0 Å². The number of nitrogens with zero attached hydrogens (tertiary/aromatic N) is 2. The second-order valence-electron chi connectivity index (χ2n) is 7.78. The molecule has 0 radical (unpaired) electrons. The second-order valence-corrected chi connectivity index (χ2v) is 10.1. The van der Waals surface area contributed by atoms with E-state index in [4.69, 9.17) is 11.6 Å². The third kappa shape index (κ3) is 5.91. The number of nitrogens with one attached hydrogen (secondary N) is 1. The van der Waals surface area contributed by atoms with Crippen LogP contribution in [0.3, 0.4) is 0 Å². The summed E-state index contributed by atoms with van der Waals surface area (Å²) in [5, 5.41) is 12.6. The monoisotopic (exact) mass is 473 g/mol. The van der Waals surface area contributed by atoms with Gasteiger partial charge in [0.2, 0.25) is 5.95 Å². The molecule has 0 bridgehead atoms. The molecule has 0 aliphatic heterocycles. The number of anilines is 1. The van der Waals surface area contributed by atoms with E-state index < -0.39 is 32.3 Å². The third-order valence-corrected chi connectivity index (χ3v) is 7.53. The number of aromatic nitrogens is 1. The van der Waals surface area contributed by atoms with Crippen LogP contribution in [0.1, 0.15) is 31.4 Å². The van der Waals surface area contributed by atoms with E-state index in [0.717, 1.165) is 43.9 Å². The van der Waals surface area contributed by atoms with Gasteiger partial charge in [-0.2, -0.15) is 4.39 Å². The van der Waals surface area contributed by atoms with E-state index in [0.29, 0.717) is 12.2 Å². The van der Waals surface area contributed by atoms with Gasteiger partial charge < -0.3 is 10.4 Å². The molecule has 1 heterocycles. The van der Waals surface area contributed by atoms with Gasteiger partial charge in [0.15, 0.2) is 9.84 Å². The number of halogens is 3. The zero-order chi connectivity index (χ0) is 22.6. The SMILES string of the molecule is CN(CCO)[C@H]1CCCC[C@@H]1Nc1cc(F)c(S(=O)(=O)Cc2cccc(F)n2)cc1Cl. The molecule has 170 valence electrons. The summed E-state index contributed by atoms with van der Waals surface area (Å²) in [6.07, 6.45) is 3.85. The minimum absolute atomic E-state index is 0.0128. The number of hydrogen-bond donors (Lipinski definition) is 2. The second kappa shape index (κ2) is 10.2. The van der Waals surface area contributed by atoms with Crippen LogP contribution in [0, 0.1) is 11.8 Å². The zero-order valence-electron chi connectivity index (χ0n) is 17.2. The molecule has 0 unspecified atom stereocenters. The van der Waals surface area contributed by atoms with Gasteiger partial charge in [-0.05, 0) is 44.2 Å². The number of benzene rings is 1. The van der Waals surface area contributed by atoms with Crippen LogP contribution in [0.2, 0.25) is 5.02 Å². The number of aliphatic hydroxyl groups excluding tert-OH is 1. The van der Waals surface area contributed by atoms with Crippen molar-refractivity contribution < 1.29 is 22.3 Å². The average molecular weight is 474 g/mol. The Morgan fingerprint density at radius 3 is 2.71 bits per heavy atom. The summed E-state index contributed by atoms with van der Waals surface area (Å²) in [6.45, 7) is 0.568. The Balaban J connectivity index is 1.82. The summed E-state index contributed by atoms with van der Waals surface area (Å²) in [5.41, 5.74) is 0.297. The van der Waals surface area contributed by atoms with Gasteiger partial charge in [-0.3, -0.25) is 4.90 Å². The fourth-order valence-electron chi connectivity index (χ4n) is 4.01. The number of rotatable bonds is 8. The fraction of sp³-hybridized carbons (Fsp3) is 0.476. The van der Waals surface area contributed by atoms with E-state index in [2.05, 4.69) is 15.2 Å². The molecule has 1 aliphatic rings. The van der Waals surface area contributed by atoms with E-state index in [9.17, 15) is 22.3 Å². The van der Waals surface area contributed by atoms with Gasteiger partial charge in [-0.25, -0.2) is 17.8 Å². The molecule has 6 nitrogen and oxygen atoms in total. The van der Waals surface area contributed by atoms with Gasteiger partial charge in [-0.15, -0.1) is 0 Å². The molecular weight excluding hydrogens is 448 g/mol. The van der Waals surface area contributed by atoms with E-state index in [-0.39, 0.29) is 29.4 Å². The van der Waals surface area contributed by atoms with Gasteiger partial charge in [0, 0.05) is 18.6 Å². The van der Waals surface area contributed by atoms with Gasteiger partial charge in [-0.1, -0.05) is 30.5 Å². The number of sulfone groups is 1. The normalized spacial score (nSPS) is 19.5. The highest BCUT2D eigenvalue weighted by Crippen LogP contribution is 2.33. The maximum absolute atomic E-state index is 14.8. The highest BCUT2D eigenvalue weighted by Gasteiger charge is 2.29. The van der Waals surface area contributed by atoms with Crippen LogP contribution in [0.25, 0.3) is 0 Å². The number of pyridine rings is 1. The average Bonchev–Trinajstić information content (AvgIpc) is 2.70. The van der Waals surface area contributed by atoms with Crippen LogP contribution in [0.4, 0.5) is 14.5 Å². The smallest absolute Gasteiger partial charge is 0.213 e. The first-order chi connectivity index (χ1) is 14.7. The van der Waals surface area contributed by atoms with Crippen molar-refractivity contribution in [1.82, 2.24) is 9.88 Å². The van der Waals surface area contributed by atoms with Crippen molar-refractivity contribution >= 4 is 27.1 Å². The quantitative estimate of drug-likeness (QED) is 0.570. The molecule has 1 saturated carbocycles. The van der Waals surface area contributed by atoms with Crippen molar-refractivity contribution in [3.63, 3.8) is 0 Å². The summed E-state index contributed by atoms with van der Waals surface area (Å²) >= 11 is 6.32. The van der Waals surface area contributed by atoms with E-state index >= 15 is 0 Å². The first kappa shape index (κ1) is 23.8. The number of likely N-dealkylation sites (N-methyl/N-ethyl adjacent to an activating group) is 1. The van der Waals surface area contributed by atoms with Crippen molar-refractivity contribution in [1.29, 1.82) is 0 Å². The first-order valence-corrected chi connectivity index (χ1v) is 12.1. The Morgan fingerprint density at radius 1 is 1.26 bits per heavy atom. The molecule has 0 saturated heterocycles. The zero-order valence-corrected chi connectivity index (χ0v) is 18.8. The molecule has 2 N–H and O–H groups in total. The molecule has 31 heavy (non-hydrogen) atoms. The number of hydrogen-bond acceptors (Lipinski definition) is 6. The standard InChI is InChI=1S/C21H26ClF2N3O3S/c1-27(9-10-28)19-7-3-2-6-17(19)26-18-12-16(23)20(11-15(18)22)31(29,30)13-14-5-4-8-21(24)25-14/h4-5,8,11-12,17,19,26,28H,2-3,6-7,9-10,13H2,1H3/t17-,19-/m0/s1. The van der Waals surface area contributed by atoms with Crippen LogP contribution in [-0.4, -0.2) is 55.7 Å². The lowest BCUT2D eigenvalue weighted by Gasteiger charge is -2.38. The van der Waals surface area contributed by atoms with Crippen LogP contribution < -0.4 is 5.32 Å². The summed E-state index contributed by atoms with van der Waals surface area (Å²) in [6, 6.07) is 6.11. The lowest BCUT2D eigenvalue weighted by molar-refractivity contribution is 0.143. The van der Waals surface area contributed by atoms with Gasteiger partial charge >= 0.3 is 0 Å². The molecule has 1 aromatic heterocycles. The lowest BCUT2D eigenvalue weighted by Crippen LogP contribution is -2.48. The molecule has 1 fully saturated rings. The molecular formula is C21H26ClF2N3O3S. The summed E-state index contributed by atoms with van der Waals surface area (Å²) in [4.78, 5) is 5.05. The molecule has 10 heteroatoms. The van der Waals surface area contributed by atoms with Crippen LogP contribution in [0.15, 0.2) is 35.2 Å². The molecule has 2 aromatic rings. The Morgan fingerprint density at radius 2 is 2.00 bits per heavy atom. The van der Waals surface area contributed by atoms with Crippen molar-refractivity contribution in [3.05, 3.63) is 52.8 Å². The summed E-state index contributed by atoms with van der Waals surface area (Å²) < 4.78 is 53.5. The summed E-state index contributed by atoms with van der Waals surface area (Å²) in [5.74, 6) is -2.38. The highest BCUT2D eigenvalue weighted by atomic mass is 35.5. The Hall–Kier alpha value is -1.81. The number of aliphatic hydroxyl groups is 1. The molecule has 1 aliphatic carbocycles. The maximum atomic E-state index is 14.8. The van der Waals surface area contributed by atoms with Crippen molar-refractivity contribution in [2.45, 2.75) is 48.4 Å². The Bertz CT molecular complexity index is 1020. The van der Waals surface area contributed by atoms with Crippen LogP contribution >= 0.6 is 11.6 Å². The molecule has 2 atom stereocenters. The minimum atomic E-state index is -4.12. The van der Waals surface area contributed by atoms with Crippen molar-refractivity contribution in [3.8, 4) is 0 Å². The Kier molecular flexibility index (Phi) is 7.85. The predicted molar refractivity (Wildman–Crippen MR) is 116 cm³/mol. The fourth-order valence-corrected chi connectivity index (χ4v) is 5.65. The largest absolute Gasteiger partial charge is 0.395 e. The first-order valence-electron chi connectivity index (χ1n) is 10.1. The van der Waals surface area contributed by atoms with E-state index in [1.165, 1.54) is 12.1 Å². The van der Waals surface area contributed by atoms with Crippen LogP contribution in [0.5, 0.6) is 0 Å². The summed E-state index contributed by atoms with van der Waals surface area (Å²) in [7, 11) is -2.19. The maximum Gasteiger partial charge on any atom is 0.213 e. The van der Waals surface area contributed by atoms with E-state index in [1.54, 1.807) is 0 Å². The van der Waals surface area contributed by atoms with Gasteiger partial charge in [0.05, 0.1) is 28.8 Å². The molecule has 1 aromatic carbocycles. The lowest BCUT2D eigenvalue weighted by atomic mass is 9.89. The third-order valence-electron chi connectivity index (χ3n) is 5.56. The van der Waals surface area contributed by atoms with Gasteiger partial charge in [0.1, 0.15) is 10.7 Å². The topological polar surface area (TPSA) is 82.5 Å². The van der Waals surface area contributed by atoms with Crippen molar-refractivity contribution in [2.24, 2.45) is 0 Å².